The minimum Gasteiger partial charge on any atom is -0.313 e. The van der Waals surface area contributed by atoms with Crippen molar-refractivity contribution in [2.75, 3.05) is 30.3 Å². The maximum Gasteiger partial charge on any atom is 0.342 e. The standard InChI is InChI=1S/C20H25N5/c21-20-23-18-15-8-2-1-5-13(15)6-3-9-16(18)19(24-20)25-10-4-7-14-11-22-12-17(14)25/h1-2,5,8,14,17,22H,3-4,6-7,9-12H2,(H2,21,23,24)/p+1. The average Bonchev–Trinajstić information content (AvgIpc) is 3.04. The molecule has 0 saturated carbocycles. The maximum atomic E-state index is 6.23. The largest absolute Gasteiger partial charge is 0.342 e. The fourth-order valence-electron chi connectivity index (χ4n) is 5.00. The molecule has 2 fully saturated rings. The third-order valence-electron chi connectivity index (χ3n) is 6.16. The van der Waals surface area contributed by atoms with Crippen molar-refractivity contribution < 1.29 is 4.98 Å². The van der Waals surface area contributed by atoms with Crippen molar-refractivity contribution in [3.05, 3.63) is 35.4 Å². The molecule has 2 saturated heterocycles. The number of piperidine rings is 1. The quantitative estimate of drug-likeness (QED) is 0.833. The Morgan fingerprint density at radius 3 is 3.04 bits per heavy atom. The number of benzene rings is 1. The van der Waals surface area contributed by atoms with Crippen LogP contribution < -0.4 is 20.9 Å². The number of H-pyrrole nitrogens is 1. The lowest BCUT2D eigenvalue weighted by Crippen LogP contribution is -2.48. The molecule has 2 aliphatic heterocycles. The summed E-state index contributed by atoms with van der Waals surface area (Å²) in [6.07, 6.45) is 5.92. The Morgan fingerprint density at radius 1 is 1.16 bits per heavy atom. The summed E-state index contributed by atoms with van der Waals surface area (Å²) in [5.41, 5.74) is 11.3. The number of aryl methyl sites for hydroxylation is 1. The number of rotatable bonds is 1. The molecular formula is C20H26N5+. The molecule has 4 N–H and O–H groups in total. The van der Waals surface area contributed by atoms with Crippen molar-refractivity contribution in [3.63, 3.8) is 0 Å². The second-order valence-electron chi connectivity index (χ2n) is 7.63. The predicted octanol–water partition coefficient (Wildman–Crippen LogP) is 1.82. The Kier molecular flexibility index (Phi) is 3.63. The molecule has 130 valence electrons. The summed E-state index contributed by atoms with van der Waals surface area (Å²) in [7, 11) is 0. The van der Waals surface area contributed by atoms with Gasteiger partial charge in [0.25, 0.3) is 0 Å². The van der Waals surface area contributed by atoms with E-state index in [1.165, 1.54) is 35.3 Å². The normalized spacial score (nSPS) is 25.0. The Labute approximate surface area is 148 Å². The van der Waals surface area contributed by atoms with Gasteiger partial charge in [0.1, 0.15) is 5.69 Å². The van der Waals surface area contributed by atoms with Gasteiger partial charge in [0.2, 0.25) is 5.82 Å². The SMILES string of the molecule is Nc1nc2c(c(N3CCCC4CNCC43)[nH+]1)CCCc1ccccc1-2. The van der Waals surface area contributed by atoms with Gasteiger partial charge in [-0.25, -0.2) is 4.98 Å². The minimum atomic E-state index is 0.526. The number of nitrogens with two attached hydrogens (primary N) is 1. The number of nitrogen functional groups attached to an aromatic ring is 1. The molecule has 2 unspecified atom stereocenters. The van der Waals surface area contributed by atoms with Gasteiger partial charge in [0.05, 0.1) is 18.2 Å². The summed E-state index contributed by atoms with van der Waals surface area (Å²) in [6, 6.07) is 9.25. The lowest BCUT2D eigenvalue weighted by molar-refractivity contribution is -0.351. The van der Waals surface area contributed by atoms with E-state index in [9.17, 15) is 0 Å². The second kappa shape index (κ2) is 5.99. The number of hydrogen-bond donors (Lipinski definition) is 2. The summed E-state index contributed by atoms with van der Waals surface area (Å²) >= 11 is 0. The van der Waals surface area contributed by atoms with Gasteiger partial charge in [-0.1, -0.05) is 24.3 Å². The molecule has 3 aliphatic rings. The first kappa shape index (κ1) is 15.1. The number of aromatic nitrogens is 2. The Morgan fingerprint density at radius 2 is 2.08 bits per heavy atom. The molecule has 5 nitrogen and oxygen atoms in total. The maximum absolute atomic E-state index is 6.23. The van der Waals surface area contributed by atoms with Gasteiger partial charge >= 0.3 is 5.95 Å². The van der Waals surface area contributed by atoms with E-state index in [1.807, 2.05) is 0 Å². The zero-order chi connectivity index (χ0) is 16.8. The zero-order valence-electron chi connectivity index (χ0n) is 14.6. The van der Waals surface area contributed by atoms with Gasteiger partial charge < -0.3 is 16.0 Å². The van der Waals surface area contributed by atoms with Crippen LogP contribution in [0.4, 0.5) is 11.8 Å². The van der Waals surface area contributed by atoms with E-state index in [1.54, 1.807) is 0 Å². The lowest BCUT2D eigenvalue weighted by Gasteiger charge is -2.36. The van der Waals surface area contributed by atoms with E-state index in [0.29, 0.717) is 12.0 Å². The topological polar surface area (TPSA) is 68.3 Å². The molecule has 5 heteroatoms. The molecule has 1 aliphatic carbocycles. The van der Waals surface area contributed by atoms with Gasteiger partial charge in [-0.05, 0) is 37.7 Å². The number of aromatic amines is 1. The van der Waals surface area contributed by atoms with Gasteiger partial charge in [0.15, 0.2) is 0 Å². The van der Waals surface area contributed by atoms with Crippen molar-refractivity contribution in [1.29, 1.82) is 0 Å². The molecule has 0 radical (unpaired) electrons. The van der Waals surface area contributed by atoms with Crippen LogP contribution in [-0.2, 0) is 12.8 Å². The van der Waals surface area contributed by atoms with Crippen molar-refractivity contribution in [2.24, 2.45) is 5.92 Å². The zero-order valence-corrected chi connectivity index (χ0v) is 14.6. The highest BCUT2D eigenvalue weighted by molar-refractivity contribution is 5.72. The number of nitrogens with zero attached hydrogens (tertiary/aromatic N) is 2. The van der Waals surface area contributed by atoms with Crippen molar-refractivity contribution in [2.45, 2.75) is 38.1 Å². The molecule has 2 aromatic rings. The van der Waals surface area contributed by atoms with E-state index in [4.69, 9.17) is 10.7 Å². The van der Waals surface area contributed by atoms with Crippen LogP contribution in [0.15, 0.2) is 24.3 Å². The van der Waals surface area contributed by atoms with Gasteiger partial charge in [-0.2, -0.15) is 0 Å². The molecule has 0 spiro atoms. The van der Waals surface area contributed by atoms with Crippen LogP contribution in [0, 0.1) is 5.92 Å². The first-order valence-electron chi connectivity index (χ1n) is 9.58. The molecule has 25 heavy (non-hydrogen) atoms. The number of nitrogens with one attached hydrogen (secondary N) is 2. The average molecular weight is 336 g/mol. The Bertz CT molecular complexity index is 803. The van der Waals surface area contributed by atoms with Crippen LogP contribution in [-0.4, -0.2) is 30.7 Å². The van der Waals surface area contributed by atoms with E-state index < -0.39 is 0 Å². The number of hydrogen-bond acceptors (Lipinski definition) is 4. The summed E-state index contributed by atoms with van der Waals surface area (Å²) in [5, 5.41) is 3.58. The molecule has 0 amide bonds. The molecule has 5 rings (SSSR count). The first-order chi connectivity index (χ1) is 12.3. The van der Waals surface area contributed by atoms with E-state index in [2.05, 4.69) is 39.5 Å². The summed E-state index contributed by atoms with van der Waals surface area (Å²) in [5.74, 6) is 2.50. The Hall–Kier alpha value is -2.14. The fourth-order valence-corrected chi connectivity index (χ4v) is 5.00. The van der Waals surface area contributed by atoms with Gasteiger partial charge in [-0.3, -0.25) is 0 Å². The highest BCUT2D eigenvalue weighted by Gasteiger charge is 2.40. The molecule has 0 bridgehead atoms. The third kappa shape index (κ3) is 2.49. The summed E-state index contributed by atoms with van der Waals surface area (Å²) in [6.45, 7) is 3.33. The molecule has 1 aromatic heterocycles. The van der Waals surface area contributed by atoms with Crippen LogP contribution in [0.2, 0.25) is 0 Å². The van der Waals surface area contributed by atoms with Crippen LogP contribution >= 0.6 is 0 Å². The number of anilines is 2. The highest BCUT2D eigenvalue weighted by Crippen LogP contribution is 2.37. The predicted molar refractivity (Wildman–Crippen MR) is 99.4 cm³/mol. The summed E-state index contributed by atoms with van der Waals surface area (Å²) in [4.78, 5) is 10.8. The van der Waals surface area contributed by atoms with Crippen LogP contribution in [0.5, 0.6) is 0 Å². The van der Waals surface area contributed by atoms with E-state index >= 15 is 0 Å². The third-order valence-corrected chi connectivity index (χ3v) is 6.16. The minimum absolute atomic E-state index is 0.526. The lowest BCUT2D eigenvalue weighted by atomic mass is 9.91. The van der Waals surface area contributed by atoms with Crippen molar-refractivity contribution in [1.82, 2.24) is 10.3 Å². The van der Waals surface area contributed by atoms with Crippen molar-refractivity contribution >= 4 is 11.8 Å². The first-order valence-corrected chi connectivity index (χ1v) is 9.58. The second-order valence-corrected chi connectivity index (χ2v) is 7.63. The van der Waals surface area contributed by atoms with Crippen LogP contribution in [0.3, 0.4) is 0 Å². The molecule has 3 heterocycles. The van der Waals surface area contributed by atoms with E-state index in [-0.39, 0.29) is 0 Å². The molecule has 2 atom stereocenters. The van der Waals surface area contributed by atoms with Gasteiger partial charge in [0, 0.05) is 24.6 Å². The number of fused-ring (bicyclic) bond motifs is 4. The van der Waals surface area contributed by atoms with Gasteiger partial charge in [-0.15, -0.1) is 4.98 Å². The Balaban J connectivity index is 1.66. The summed E-state index contributed by atoms with van der Waals surface area (Å²) < 4.78 is 0. The van der Waals surface area contributed by atoms with Crippen LogP contribution in [0.1, 0.15) is 30.4 Å². The fraction of sp³-hybridized carbons (Fsp3) is 0.500. The monoisotopic (exact) mass is 336 g/mol. The van der Waals surface area contributed by atoms with Crippen molar-refractivity contribution in [3.8, 4) is 11.3 Å². The highest BCUT2D eigenvalue weighted by atomic mass is 15.3. The smallest absolute Gasteiger partial charge is 0.313 e. The molecular weight excluding hydrogens is 310 g/mol. The molecule has 1 aromatic carbocycles. The van der Waals surface area contributed by atoms with E-state index in [0.717, 1.165) is 50.5 Å². The van der Waals surface area contributed by atoms with Crippen LogP contribution in [0.25, 0.3) is 11.3 Å².